The zero-order valence-electron chi connectivity index (χ0n) is 10.2. The maximum atomic E-state index is 12.4. The number of aliphatic hydroxyl groups is 1. The molecular weight excluding hydrogens is 489 g/mol. The van der Waals surface area contributed by atoms with Crippen molar-refractivity contribution in [2.75, 3.05) is 0 Å². The lowest BCUT2D eigenvalue weighted by Gasteiger charge is -2.07. The van der Waals surface area contributed by atoms with Gasteiger partial charge in [-0.1, -0.05) is 15.9 Å². The van der Waals surface area contributed by atoms with Gasteiger partial charge in [-0.05, 0) is 44.0 Å². The molecule has 0 heterocycles. The van der Waals surface area contributed by atoms with Gasteiger partial charge in [-0.2, -0.15) is 13.2 Å². The highest BCUT2D eigenvalue weighted by molar-refractivity contribution is 9.11. The lowest BCUT2D eigenvalue weighted by Crippen LogP contribution is -2.16. The van der Waals surface area contributed by atoms with Crippen LogP contribution in [-0.2, 0) is 4.79 Å². The SMILES string of the molecule is CC(=O)/C(N=Nc1c(Br)cc(Br)cc1Br)=C(/O)C(F)(F)F. The number of Topliss-reactive ketones (excluding diaryl/α,β-unsaturated/α-hetero) is 1. The van der Waals surface area contributed by atoms with Gasteiger partial charge in [0.25, 0.3) is 0 Å². The maximum Gasteiger partial charge on any atom is 0.451 e. The normalized spacial score (nSPS) is 13.5. The molecule has 0 spiro atoms. The predicted octanol–water partition coefficient (Wildman–Crippen LogP) is 5.98. The zero-order chi connectivity index (χ0) is 16.4. The molecule has 21 heavy (non-hydrogen) atoms. The molecule has 0 saturated heterocycles. The summed E-state index contributed by atoms with van der Waals surface area (Å²) in [5.74, 6) is -3.14. The van der Waals surface area contributed by atoms with Crippen LogP contribution >= 0.6 is 47.8 Å². The van der Waals surface area contributed by atoms with Gasteiger partial charge in [0.1, 0.15) is 5.69 Å². The van der Waals surface area contributed by atoms with Crippen molar-refractivity contribution in [1.29, 1.82) is 0 Å². The van der Waals surface area contributed by atoms with Crippen LogP contribution in [0.4, 0.5) is 18.9 Å². The Hall–Kier alpha value is -0.740. The first-order chi connectivity index (χ1) is 9.54. The molecule has 114 valence electrons. The molecular formula is C11H6Br3F3N2O2. The number of benzene rings is 1. The molecule has 0 unspecified atom stereocenters. The summed E-state index contributed by atoms with van der Waals surface area (Å²) in [5, 5.41) is 15.8. The minimum atomic E-state index is -5.08. The van der Waals surface area contributed by atoms with Crippen LogP contribution in [0.25, 0.3) is 0 Å². The number of halogens is 6. The van der Waals surface area contributed by atoms with Gasteiger partial charge in [-0.3, -0.25) is 4.79 Å². The fraction of sp³-hybridized carbons (Fsp3) is 0.182. The van der Waals surface area contributed by atoms with Gasteiger partial charge in [0.2, 0.25) is 5.76 Å². The molecule has 0 aliphatic carbocycles. The van der Waals surface area contributed by atoms with E-state index in [0.717, 1.165) is 6.92 Å². The first-order valence-electron chi connectivity index (χ1n) is 5.11. The number of aliphatic hydroxyl groups excluding tert-OH is 1. The minimum Gasteiger partial charge on any atom is -0.503 e. The topological polar surface area (TPSA) is 62.0 Å². The first kappa shape index (κ1) is 18.3. The Morgan fingerprint density at radius 1 is 1.19 bits per heavy atom. The molecule has 0 radical (unpaired) electrons. The highest BCUT2D eigenvalue weighted by Crippen LogP contribution is 2.37. The van der Waals surface area contributed by atoms with Gasteiger partial charge in [-0.25, -0.2) is 0 Å². The summed E-state index contributed by atoms with van der Waals surface area (Å²) < 4.78 is 38.8. The van der Waals surface area contributed by atoms with Gasteiger partial charge in [0.15, 0.2) is 11.5 Å². The molecule has 0 aromatic heterocycles. The summed E-state index contributed by atoms with van der Waals surface area (Å²) in [6.07, 6.45) is -5.08. The summed E-state index contributed by atoms with van der Waals surface area (Å²) in [7, 11) is 0. The van der Waals surface area contributed by atoms with E-state index in [-0.39, 0.29) is 5.69 Å². The Balaban J connectivity index is 3.33. The fourth-order valence-electron chi connectivity index (χ4n) is 1.15. The van der Waals surface area contributed by atoms with E-state index in [1.165, 1.54) is 0 Å². The summed E-state index contributed by atoms with van der Waals surface area (Å²) in [4.78, 5) is 11.2. The number of azo groups is 1. The quantitative estimate of drug-likeness (QED) is 0.319. The molecule has 10 heteroatoms. The van der Waals surface area contributed by atoms with Crippen LogP contribution in [0.1, 0.15) is 6.92 Å². The Bertz CT molecular complexity index is 619. The van der Waals surface area contributed by atoms with Crippen molar-refractivity contribution in [3.63, 3.8) is 0 Å². The first-order valence-corrected chi connectivity index (χ1v) is 7.49. The molecule has 0 bridgehead atoms. The molecule has 0 atom stereocenters. The lowest BCUT2D eigenvalue weighted by molar-refractivity contribution is -0.126. The van der Waals surface area contributed by atoms with E-state index in [1.54, 1.807) is 12.1 Å². The highest BCUT2D eigenvalue weighted by atomic mass is 79.9. The highest BCUT2D eigenvalue weighted by Gasteiger charge is 2.38. The molecule has 0 aliphatic heterocycles. The van der Waals surface area contributed by atoms with Gasteiger partial charge in [0.05, 0.1) is 0 Å². The number of nitrogens with zero attached hydrogens (tertiary/aromatic N) is 2. The van der Waals surface area contributed by atoms with Crippen LogP contribution in [0.15, 0.2) is 47.2 Å². The summed E-state index contributed by atoms with van der Waals surface area (Å²) in [5.41, 5.74) is -0.990. The molecule has 1 rings (SSSR count). The largest absolute Gasteiger partial charge is 0.503 e. The van der Waals surface area contributed by atoms with E-state index >= 15 is 0 Å². The maximum absolute atomic E-state index is 12.4. The van der Waals surface area contributed by atoms with E-state index < -0.39 is 23.4 Å². The molecule has 4 nitrogen and oxygen atoms in total. The molecule has 0 fully saturated rings. The summed E-state index contributed by atoms with van der Waals surface area (Å²) >= 11 is 9.54. The average Bonchev–Trinajstić information content (AvgIpc) is 2.30. The van der Waals surface area contributed by atoms with E-state index in [0.29, 0.717) is 13.4 Å². The molecule has 1 aromatic rings. The monoisotopic (exact) mass is 492 g/mol. The van der Waals surface area contributed by atoms with Crippen LogP contribution in [-0.4, -0.2) is 17.1 Å². The summed E-state index contributed by atoms with van der Waals surface area (Å²) in [6, 6.07) is 3.19. The predicted molar refractivity (Wildman–Crippen MR) is 80.4 cm³/mol. The number of alkyl halides is 3. The number of ketones is 1. The Kier molecular flexibility index (Phi) is 6.11. The third-order valence-corrected chi connectivity index (χ3v) is 3.72. The lowest BCUT2D eigenvalue weighted by atomic mass is 10.3. The number of carbonyl (C=O) groups excluding carboxylic acids is 1. The molecule has 0 aliphatic rings. The minimum absolute atomic E-state index is 0.173. The second-order valence-corrected chi connectivity index (χ2v) is 6.29. The van der Waals surface area contributed by atoms with Crippen molar-refractivity contribution in [3.05, 3.63) is 37.0 Å². The Labute approximate surface area is 142 Å². The van der Waals surface area contributed by atoms with E-state index in [9.17, 15) is 18.0 Å². The van der Waals surface area contributed by atoms with Crippen LogP contribution < -0.4 is 0 Å². The number of hydrogen-bond donors (Lipinski definition) is 1. The smallest absolute Gasteiger partial charge is 0.451 e. The third-order valence-electron chi connectivity index (χ3n) is 2.06. The number of rotatable bonds is 3. The van der Waals surface area contributed by atoms with Gasteiger partial charge in [-0.15, -0.1) is 10.2 Å². The van der Waals surface area contributed by atoms with E-state index in [1.807, 2.05) is 0 Å². The van der Waals surface area contributed by atoms with Crippen molar-refractivity contribution < 1.29 is 23.1 Å². The average molecular weight is 495 g/mol. The molecule has 0 amide bonds. The molecule has 0 saturated carbocycles. The number of carbonyl (C=O) groups is 1. The van der Waals surface area contributed by atoms with Crippen molar-refractivity contribution >= 4 is 59.3 Å². The van der Waals surface area contributed by atoms with E-state index in [4.69, 9.17) is 5.11 Å². The van der Waals surface area contributed by atoms with Crippen LogP contribution in [0.2, 0.25) is 0 Å². The van der Waals surface area contributed by atoms with Crippen molar-refractivity contribution in [3.8, 4) is 0 Å². The zero-order valence-corrected chi connectivity index (χ0v) is 14.9. The molecule has 1 aromatic carbocycles. The second kappa shape index (κ2) is 7.01. The standard InChI is InChI=1S/C11H6Br3F3N2O2/c1-4(20)8(10(21)11(15,16)17)18-19-9-6(13)2-5(12)3-7(9)14/h2-3,21H,1H3/b10-8-,19-18?. The van der Waals surface area contributed by atoms with Crippen molar-refractivity contribution in [2.24, 2.45) is 10.2 Å². The van der Waals surface area contributed by atoms with Crippen LogP contribution in [0, 0.1) is 0 Å². The van der Waals surface area contributed by atoms with E-state index in [2.05, 4.69) is 58.0 Å². The Morgan fingerprint density at radius 3 is 2.05 bits per heavy atom. The molecule has 1 N–H and O–H groups in total. The fourth-order valence-corrected chi connectivity index (χ4v) is 3.57. The van der Waals surface area contributed by atoms with Crippen molar-refractivity contribution in [1.82, 2.24) is 0 Å². The third kappa shape index (κ3) is 4.89. The number of hydrogen-bond acceptors (Lipinski definition) is 4. The summed E-state index contributed by atoms with van der Waals surface area (Å²) in [6.45, 7) is 0.849. The second-order valence-electron chi connectivity index (χ2n) is 3.67. The number of allylic oxidation sites excluding steroid dienone is 2. The van der Waals surface area contributed by atoms with Gasteiger partial charge < -0.3 is 5.11 Å². The van der Waals surface area contributed by atoms with Crippen LogP contribution in [0.3, 0.4) is 0 Å². The van der Waals surface area contributed by atoms with Gasteiger partial charge >= 0.3 is 6.18 Å². The Morgan fingerprint density at radius 2 is 1.67 bits per heavy atom. The van der Waals surface area contributed by atoms with Crippen molar-refractivity contribution in [2.45, 2.75) is 13.1 Å². The van der Waals surface area contributed by atoms with Gasteiger partial charge in [0, 0.05) is 20.3 Å². The van der Waals surface area contributed by atoms with Crippen LogP contribution in [0.5, 0.6) is 0 Å².